The van der Waals surface area contributed by atoms with E-state index in [0.717, 1.165) is 74.2 Å². The first-order valence-electron chi connectivity index (χ1n) is 14.5. The molecule has 1 aromatic heterocycles. The molecule has 1 aromatic carbocycles. The maximum atomic E-state index is 13.6. The molecule has 214 valence electrons. The third-order valence-corrected chi connectivity index (χ3v) is 8.94. The lowest BCUT2D eigenvalue weighted by molar-refractivity contribution is 0.0950. The number of rotatable bonds is 10. The van der Waals surface area contributed by atoms with Crippen LogP contribution in [0.5, 0.6) is 0 Å². The summed E-state index contributed by atoms with van der Waals surface area (Å²) in [5.74, 6) is -0.188. The summed E-state index contributed by atoms with van der Waals surface area (Å²) in [5.41, 5.74) is 5.43. The van der Waals surface area contributed by atoms with Gasteiger partial charge < -0.3 is 24.6 Å². The highest BCUT2D eigenvalue weighted by molar-refractivity contribution is 6.31. The first-order chi connectivity index (χ1) is 18.6. The number of halogens is 1. The molecular weight excluding hydrogens is 510 g/mol. The zero-order valence-corrected chi connectivity index (χ0v) is 25.4. The topological polar surface area (TPSA) is 60.8 Å². The van der Waals surface area contributed by atoms with Gasteiger partial charge in [-0.25, -0.2) is 0 Å². The zero-order chi connectivity index (χ0) is 28.3. The van der Waals surface area contributed by atoms with E-state index in [1.54, 1.807) is 6.07 Å². The van der Waals surface area contributed by atoms with Crippen LogP contribution in [0.15, 0.2) is 23.0 Å². The number of nitrogens with zero attached hydrogens (tertiary/aromatic N) is 4. The van der Waals surface area contributed by atoms with Gasteiger partial charge in [-0.05, 0) is 116 Å². The second-order valence-corrected chi connectivity index (χ2v) is 12.2. The number of nitrogens with one attached hydrogen (secondary N) is 1. The van der Waals surface area contributed by atoms with Gasteiger partial charge in [0.2, 0.25) is 0 Å². The minimum Gasteiger partial charge on any atom is -0.369 e. The van der Waals surface area contributed by atoms with Crippen LogP contribution >= 0.6 is 11.6 Å². The van der Waals surface area contributed by atoms with E-state index in [9.17, 15) is 9.59 Å². The van der Waals surface area contributed by atoms with Crippen LogP contribution in [-0.2, 0) is 25.9 Å². The number of aryl methyl sites for hydroxylation is 1. The Balaban J connectivity index is 1.56. The Kier molecular flexibility index (Phi) is 9.78. The Hall–Kier alpha value is -2.35. The Labute approximate surface area is 239 Å². The van der Waals surface area contributed by atoms with Crippen molar-refractivity contribution in [3.63, 3.8) is 0 Å². The van der Waals surface area contributed by atoms with Crippen LogP contribution in [0.4, 0.5) is 5.69 Å². The molecule has 1 aliphatic heterocycles. The van der Waals surface area contributed by atoms with Crippen LogP contribution in [-0.4, -0.2) is 73.6 Å². The van der Waals surface area contributed by atoms with Crippen molar-refractivity contribution in [1.82, 2.24) is 19.7 Å². The molecule has 0 bridgehead atoms. The molecule has 1 aliphatic carbocycles. The van der Waals surface area contributed by atoms with Crippen LogP contribution in [0.1, 0.15) is 71.8 Å². The third-order valence-electron chi connectivity index (χ3n) is 8.72. The molecule has 0 saturated heterocycles. The number of aromatic nitrogens is 1. The van der Waals surface area contributed by atoms with Crippen molar-refractivity contribution in [3.8, 4) is 0 Å². The third kappa shape index (κ3) is 6.69. The number of pyridine rings is 1. The lowest BCUT2D eigenvalue weighted by Crippen LogP contribution is -2.42. The largest absolute Gasteiger partial charge is 0.369 e. The number of carbonyl (C=O) groups excluding carboxylic acids is 1. The van der Waals surface area contributed by atoms with Crippen LogP contribution in [0.3, 0.4) is 0 Å². The van der Waals surface area contributed by atoms with Crippen molar-refractivity contribution in [2.45, 2.75) is 84.0 Å². The summed E-state index contributed by atoms with van der Waals surface area (Å²) >= 11 is 6.60. The molecule has 2 heterocycles. The van der Waals surface area contributed by atoms with E-state index in [4.69, 9.17) is 11.6 Å². The zero-order valence-electron chi connectivity index (χ0n) is 24.6. The number of fused-ring (bicyclic) bond motifs is 1. The van der Waals surface area contributed by atoms with Crippen molar-refractivity contribution in [2.75, 3.05) is 46.2 Å². The van der Waals surface area contributed by atoms with E-state index in [0.29, 0.717) is 28.2 Å². The van der Waals surface area contributed by atoms with Gasteiger partial charge in [0.15, 0.2) is 0 Å². The summed E-state index contributed by atoms with van der Waals surface area (Å²) in [6.45, 7) is 6.87. The van der Waals surface area contributed by atoms with Crippen molar-refractivity contribution in [2.24, 2.45) is 0 Å². The molecule has 4 rings (SSSR count). The highest BCUT2D eigenvalue weighted by atomic mass is 35.5. The number of carbonyl (C=O) groups is 1. The average Bonchev–Trinajstić information content (AvgIpc) is 3.38. The molecule has 39 heavy (non-hydrogen) atoms. The van der Waals surface area contributed by atoms with Gasteiger partial charge >= 0.3 is 0 Å². The van der Waals surface area contributed by atoms with E-state index in [-0.39, 0.29) is 18.0 Å². The molecule has 2 aliphatic rings. The monoisotopic (exact) mass is 555 g/mol. The fourth-order valence-corrected chi connectivity index (χ4v) is 6.61. The molecule has 1 amide bonds. The number of anilines is 1. The van der Waals surface area contributed by atoms with Gasteiger partial charge in [0, 0.05) is 65.8 Å². The molecule has 0 spiro atoms. The smallest absolute Gasteiger partial charge is 0.256 e. The predicted molar refractivity (Wildman–Crippen MR) is 161 cm³/mol. The fraction of sp³-hybridized carbons (Fsp3) is 0.613. The Morgan fingerprint density at radius 3 is 2.41 bits per heavy atom. The first kappa shape index (κ1) is 29.6. The molecule has 1 fully saturated rings. The normalized spacial score (nSPS) is 19.0. The predicted octanol–water partition coefficient (Wildman–Crippen LogP) is 4.49. The van der Waals surface area contributed by atoms with Gasteiger partial charge in [-0.15, -0.1) is 0 Å². The van der Waals surface area contributed by atoms with Crippen molar-refractivity contribution in [3.05, 3.63) is 61.5 Å². The van der Waals surface area contributed by atoms with Crippen LogP contribution in [0, 0.1) is 6.92 Å². The van der Waals surface area contributed by atoms with E-state index in [2.05, 4.69) is 47.1 Å². The Bertz CT molecular complexity index is 1230. The molecule has 2 aromatic rings. The Morgan fingerprint density at radius 2 is 1.77 bits per heavy atom. The maximum Gasteiger partial charge on any atom is 0.256 e. The summed E-state index contributed by atoms with van der Waals surface area (Å²) in [5, 5.41) is 3.64. The lowest BCUT2D eigenvalue weighted by atomic mass is 9.89. The quantitative estimate of drug-likeness (QED) is 0.468. The fourth-order valence-electron chi connectivity index (χ4n) is 6.40. The molecule has 1 N–H and O–H groups in total. The lowest BCUT2D eigenvalue weighted by Gasteiger charge is -2.40. The van der Waals surface area contributed by atoms with Gasteiger partial charge in [-0.1, -0.05) is 11.6 Å². The second kappa shape index (κ2) is 12.9. The molecule has 0 unspecified atom stereocenters. The van der Waals surface area contributed by atoms with Crippen molar-refractivity contribution >= 4 is 23.2 Å². The molecule has 0 atom stereocenters. The van der Waals surface area contributed by atoms with Gasteiger partial charge in [-0.2, -0.15) is 0 Å². The molecular formula is C31H46ClN5O2. The van der Waals surface area contributed by atoms with E-state index in [1.165, 1.54) is 12.8 Å². The average molecular weight is 556 g/mol. The number of hydrogen-bond acceptors (Lipinski definition) is 5. The molecule has 0 radical (unpaired) electrons. The highest BCUT2D eigenvalue weighted by Gasteiger charge is 2.28. The van der Waals surface area contributed by atoms with Gasteiger partial charge in [0.05, 0.1) is 0 Å². The maximum absolute atomic E-state index is 13.6. The van der Waals surface area contributed by atoms with Gasteiger partial charge in [-0.3, -0.25) is 9.59 Å². The van der Waals surface area contributed by atoms with E-state index in [1.807, 2.05) is 31.7 Å². The highest BCUT2D eigenvalue weighted by Crippen LogP contribution is 2.34. The summed E-state index contributed by atoms with van der Waals surface area (Å²) in [6.07, 6.45) is 7.31. The number of hydrogen-bond donors (Lipinski definition) is 1. The van der Waals surface area contributed by atoms with Crippen LogP contribution in [0.2, 0.25) is 5.02 Å². The summed E-state index contributed by atoms with van der Waals surface area (Å²) < 4.78 is 1.88. The van der Waals surface area contributed by atoms with Crippen molar-refractivity contribution < 1.29 is 4.79 Å². The summed E-state index contributed by atoms with van der Waals surface area (Å²) in [7, 11) is 8.40. The van der Waals surface area contributed by atoms with E-state index >= 15 is 0 Å². The number of likely N-dealkylation sites (N-methyl/N-ethyl adjacent to an activating group) is 1. The standard InChI is InChI=1S/C31H46ClN5O2/c1-7-36(25-12-10-24(11-13-25)35(5)6)29-19-23(32)18-27(21(29)2)30(38)33-20-28-22(14-16-34(3)4)17-26-9-8-15-37(26)31(28)39/h17-19,24-25H,7-16,20H2,1-6H3,(H,33,38). The summed E-state index contributed by atoms with van der Waals surface area (Å²) in [6, 6.07) is 7.00. The minimum atomic E-state index is -0.188. The number of amides is 1. The van der Waals surface area contributed by atoms with Gasteiger partial charge in [0.25, 0.3) is 11.5 Å². The van der Waals surface area contributed by atoms with E-state index < -0.39 is 0 Å². The SMILES string of the molecule is CCN(c1cc(Cl)cc(C(=O)NCc2c(CCN(C)C)cc3n(c2=O)CCC3)c1C)C1CCC(N(C)C)CC1. The minimum absolute atomic E-state index is 0.0352. The molecule has 7 nitrogen and oxygen atoms in total. The number of benzene rings is 1. The molecule has 8 heteroatoms. The van der Waals surface area contributed by atoms with Gasteiger partial charge in [0.1, 0.15) is 0 Å². The first-order valence-corrected chi connectivity index (χ1v) is 14.9. The van der Waals surface area contributed by atoms with Crippen LogP contribution in [0.25, 0.3) is 0 Å². The molecule has 1 saturated carbocycles. The van der Waals surface area contributed by atoms with Crippen molar-refractivity contribution in [1.29, 1.82) is 0 Å². The second-order valence-electron chi connectivity index (χ2n) is 11.7. The van der Waals surface area contributed by atoms with Crippen LogP contribution < -0.4 is 15.8 Å². The Morgan fingerprint density at radius 1 is 1.08 bits per heavy atom. The summed E-state index contributed by atoms with van der Waals surface area (Å²) in [4.78, 5) is 33.8.